The molecule has 2 rings (SSSR count). The van der Waals surface area contributed by atoms with Crippen LogP contribution >= 0.6 is 38.6 Å². The van der Waals surface area contributed by atoms with Crippen molar-refractivity contribution >= 4 is 44.5 Å². The van der Waals surface area contributed by atoms with Crippen LogP contribution in [0.1, 0.15) is 18.5 Å². The molecule has 0 bridgehead atoms. The number of thiazole rings is 1. The summed E-state index contributed by atoms with van der Waals surface area (Å²) in [7, 11) is 0. The minimum atomic E-state index is 0.0197. The van der Waals surface area contributed by atoms with Gasteiger partial charge in [0.1, 0.15) is 5.01 Å². The number of rotatable bonds is 7. The molecule has 2 aromatic rings. The fourth-order valence-corrected chi connectivity index (χ4v) is 3.98. The average Bonchev–Trinajstić information content (AvgIpc) is 3.04. The summed E-state index contributed by atoms with van der Waals surface area (Å²) in [6.45, 7) is 1.35. The van der Waals surface area contributed by atoms with Gasteiger partial charge in [-0.2, -0.15) is 0 Å². The number of carbonyl (C=O) groups excluding carboxylic acids is 1. The van der Waals surface area contributed by atoms with Gasteiger partial charge in [-0.3, -0.25) is 4.79 Å². The number of hydrogen-bond donors (Lipinski definition) is 2. The molecule has 2 heterocycles. The van der Waals surface area contributed by atoms with E-state index in [9.17, 15) is 4.79 Å². The largest absolute Gasteiger partial charge is 0.356 e. The number of hydrogen-bond acceptors (Lipinski definition) is 5. The monoisotopic (exact) mass is 373 g/mol. The lowest BCUT2D eigenvalue weighted by Gasteiger charge is -2.02. The summed E-state index contributed by atoms with van der Waals surface area (Å²) in [5.74, 6) is 0.0197. The van der Waals surface area contributed by atoms with Gasteiger partial charge in [-0.1, -0.05) is 0 Å². The lowest BCUT2D eigenvalue weighted by molar-refractivity contribution is -0.120. The summed E-state index contributed by atoms with van der Waals surface area (Å²) in [6, 6.07) is 2.04. The topological polar surface area (TPSA) is 68.0 Å². The molecule has 0 fully saturated rings. The van der Waals surface area contributed by atoms with Crippen LogP contribution in [-0.4, -0.2) is 24.0 Å². The van der Waals surface area contributed by atoms with Gasteiger partial charge in [0, 0.05) is 21.8 Å². The van der Waals surface area contributed by atoms with E-state index >= 15 is 0 Å². The molecule has 0 saturated heterocycles. The van der Waals surface area contributed by atoms with Crippen molar-refractivity contribution in [1.29, 1.82) is 0 Å². The van der Waals surface area contributed by atoms with E-state index in [2.05, 4.69) is 26.2 Å². The third kappa shape index (κ3) is 4.66. The van der Waals surface area contributed by atoms with Crippen molar-refractivity contribution in [2.24, 2.45) is 5.73 Å². The minimum Gasteiger partial charge on any atom is -0.356 e. The molecule has 108 valence electrons. The number of nitrogens with zero attached hydrogens (tertiary/aromatic N) is 1. The molecule has 0 saturated carbocycles. The molecule has 20 heavy (non-hydrogen) atoms. The van der Waals surface area contributed by atoms with Crippen LogP contribution in [0.2, 0.25) is 0 Å². The normalized spacial score (nSPS) is 10.7. The zero-order valence-corrected chi connectivity index (χ0v) is 14.1. The van der Waals surface area contributed by atoms with Crippen LogP contribution in [0.15, 0.2) is 21.3 Å². The smallest absolute Gasteiger partial charge is 0.226 e. The van der Waals surface area contributed by atoms with E-state index in [0.717, 1.165) is 32.9 Å². The van der Waals surface area contributed by atoms with E-state index in [4.69, 9.17) is 5.73 Å². The van der Waals surface area contributed by atoms with Crippen molar-refractivity contribution in [1.82, 2.24) is 10.3 Å². The summed E-state index contributed by atoms with van der Waals surface area (Å²) in [5, 5.41) is 7.82. The van der Waals surface area contributed by atoms with Crippen LogP contribution in [0.5, 0.6) is 0 Å². The van der Waals surface area contributed by atoms with E-state index in [1.54, 1.807) is 22.7 Å². The molecule has 0 aliphatic carbocycles. The first-order valence-electron chi connectivity index (χ1n) is 6.34. The highest BCUT2D eigenvalue weighted by atomic mass is 79.9. The van der Waals surface area contributed by atoms with E-state index in [1.165, 1.54) is 0 Å². The van der Waals surface area contributed by atoms with Gasteiger partial charge in [0.2, 0.25) is 5.91 Å². The molecule has 2 aromatic heterocycles. The standard InChI is InChI=1S/C13H16BrN3OS2/c14-9-5-11(19-7-9)13-17-10(8-20-13)6-12(18)16-4-2-1-3-15/h5,7-8H,1-4,6,15H2,(H,16,18). The van der Waals surface area contributed by atoms with Crippen LogP contribution in [0, 0.1) is 0 Å². The second kappa shape index (κ2) is 7.87. The molecule has 0 spiro atoms. The Morgan fingerprint density at radius 2 is 2.20 bits per heavy atom. The average molecular weight is 374 g/mol. The van der Waals surface area contributed by atoms with Crippen LogP contribution in [0.4, 0.5) is 0 Å². The Bertz CT molecular complexity index is 567. The van der Waals surface area contributed by atoms with Crippen LogP contribution in [-0.2, 0) is 11.2 Å². The zero-order chi connectivity index (χ0) is 14.4. The molecule has 7 heteroatoms. The SMILES string of the molecule is NCCCCNC(=O)Cc1csc(-c2cc(Br)cs2)n1. The molecule has 0 radical (unpaired) electrons. The zero-order valence-electron chi connectivity index (χ0n) is 10.9. The Balaban J connectivity index is 1.85. The fourth-order valence-electron chi connectivity index (χ4n) is 1.65. The molecule has 0 atom stereocenters. The van der Waals surface area contributed by atoms with Gasteiger partial charge in [0.05, 0.1) is 17.0 Å². The van der Waals surface area contributed by atoms with Gasteiger partial charge in [0.25, 0.3) is 0 Å². The van der Waals surface area contributed by atoms with Crippen molar-refractivity contribution in [2.45, 2.75) is 19.3 Å². The van der Waals surface area contributed by atoms with Crippen molar-refractivity contribution in [3.05, 3.63) is 27.0 Å². The molecular weight excluding hydrogens is 358 g/mol. The second-order valence-corrected chi connectivity index (χ2v) is 6.98. The van der Waals surface area contributed by atoms with E-state index in [0.29, 0.717) is 19.5 Å². The maximum atomic E-state index is 11.7. The van der Waals surface area contributed by atoms with E-state index in [-0.39, 0.29) is 5.91 Å². The van der Waals surface area contributed by atoms with Crippen molar-refractivity contribution in [3.8, 4) is 9.88 Å². The molecule has 1 amide bonds. The van der Waals surface area contributed by atoms with Crippen LogP contribution < -0.4 is 11.1 Å². The Labute approximate surface area is 134 Å². The lowest BCUT2D eigenvalue weighted by atomic mass is 10.3. The van der Waals surface area contributed by atoms with Crippen LogP contribution in [0.3, 0.4) is 0 Å². The third-order valence-corrected chi connectivity index (χ3v) is 5.38. The fraction of sp³-hybridized carbons (Fsp3) is 0.385. The predicted octanol–water partition coefficient (Wildman–Crippen LogP) is 3.03. The first-order chi connectivity index (χ1) is 9.69. The highest BCUT2D eigenvalue weighted by molar-refractivity contribution is 9.10. The summed E-state index contributed by atoms with van der Waals surface area (Å²) < 4.78 is 1.06. The lowest BCUT2D eigenvalue weighted by Crippen LogP contribution is -2.26. The number of carbonyl (C=O) groups is 1. The first-order valence-corrected chi connectivity index (χ1v) is 8.90. The highest BCUT2D eigenvalue weighted by Crippen LogP contribution is 2.31. The Kier molecular flexibility index (Phi) is 6.15. The van der Waals surface area contributed by atoms with Crippen LogP contribution in [0.25, 0.3) is 9.88 Å². The number of halogens is 1. The highest BCUT2D eigenvalue weighted by Gasteiger charge is 2.10. The number of nitrogens with two attached hydrogens (primary N) is 1. The van der Waals surface area contributed by atoms with E-state index < -0.39 is 0 Å². The number of unbranched alkanes of at least 4 members (excludes halogenated alkanes) is 1. The molecule has 0 unspecified atom stereocenters. The molecule has 0 aromatic carbocycles. The summed E-state index contributed by atoms with van der Waals surface area (Å²) in [6.07, 6.45) is 2.20. The number of aromatic nitrogens is 1. The Hall–Kier alpha value is -0.760. The van der Waals surface area contributed by atoms with Crippen molar-refractivity contribution < 1.29 is 4.79 Å². The first kappa shape index (κ1) is 15.6. The Morgan fingerprint density at radius 1 is 1.35 bits per heavy atom. The maximum Gasteiger partial charge on any atom is 0.226 e. The number of thiophene rings is 1. The van der Waals surface area contributed by atoms with Crippen molar-refractivity contribution in [3.63, 3.8) is 0 Å². The van der Waals surface area contributed by atoms with E-state index in [1.807, 2.05) is 16.8 Å². The molecule has 0 aliphatic heterocycles. The summed E-state index contributed by atoms with van der Waals surface area (Å²) in [5.41, 5.74) is 6.23. The molecule has 4 nitrogen and oxygen atoms in total. The second-order valence-electron chi connectivity index (χ2n) is 4.30. The Morgan fingerprint density at radius 3 is 2.90 bits per heavy atom. The quantitative estimate of drug-likeness (QED) is 0.732. The van der Waals surface area contributed by atoms with Gasteiger partial charge in [0.15, 0.2) is 0 Å². The molecular formula is C13H16BrN3OS2. The maximum absolute atomic E-state index is 11.7. The minimum absolute atomic E-state index is 0.0197. The number of amides is 1. The van der Waals surface area contributed by atoms with Crippen molar-refractivity contribution in [2.75, 3.05) is 13.1 Å². The van der Waals surface area contributed by atoms with Gasteiger partial charge >= 0.3 is 0 Å². The van der Waals surface area contributed by atoms with Gasteiger partial charge in [-0.05, 0) is 41.4 Å². The molecule has 0 aliphatic rings. The van der Waals surface area contributed by atoms with Gasteiger partial charge < -0.3 is 11.1 Å². The number of nitrogens with one attached hydrogen (secondary N) is 1. The molecule has 3 N–H and O–H groups in total. The predicted molar refractivity (Wildman–Crippen MR) is 88.1 cm³/mol. The van der Waals surface area contributed by atoms with Gasteiger partial charge in [-0.25, -0.2) is 4.98 Å². The summed E-state index contributed by atoms with van der Waals surface area (Å²) in [4.78, 5) is 17.4. The summed E-state index contributed by atoms with van der Waals surface area (Å²) >= 11 is 6.65. The van der Waals surface area contributed by atoms with Gasteiger partial charge in [-0.15, -0.1) is 22.7 Å². The third-order valence-electron chi connectivity index (χ3n) is 2.62.